The van der Waals surface area contributed by atoms with Crippen LogP contribution in [0.3, 0.4) is 0 Å². The zero-order valence-electron chi connectivity index (χ0n) is 15.9. The third kappa shape index (κ3) is 5.13. The molecule has 0 aliphatic rings. The Morgan fingerprint density at radius 1 is 1.07 bits per heavy atom. The van der Waals surface area contributed by atoms with Gasteiger partial charge in [0.05, 0.1) is 18.4 Å². The van der Waals surface area contributed by atoms with Crippen molar-refractivity contribution >= 4 is 17.8 Å². The van der Waals surface area contributed by atoms with E-state index in [1.807, 2.05) is 47.2 Å². The molecule has 29 heavy (non-hydrogen) atoms. The quantitative estimate of drug-likeness (QED) is 0.560. The number of hydrogen-bond donors (Lipinski definition) is 1. The van der Waals surface area contributed by atoms with E-state index in [0.717, 1.165) is 5.56 Å². The minimum atomic E-state index is -1.02. The predicted molar refractivity (Wildman–Crippen MR) is 109 cm³/mol. The Bertz CT molecular complexity index is 1040. The second-order valence-corrected chi connectivity index (χ2v) is 6.23. The van der Waals surface area contributed by atoms with Gasteiger partial charge < -0.3 is 19.1 Å². The maximum atomic E-state index is 12.9. The summed E-state index contributed by atoms with van der Waals surface area (Å²) in [6.45, 7) is 0.119. The van der Waals surface area contributed by atoms with Crippen molar-refractivity contribution in [3.05, 3.63) is 89.8 Å². The normalized spacial score (nSPS) is 10.8. The molecule has 148 valence electrons. The number of carboxylic acid groups (broad SMARTS) is 1. The summed E-state index contributed by atoms with van der Waals surface area (Å²) in [6.07, 6.45) is 5.67. The summed E-state index contributed by atoms with van der Waals surface area (Å²) in [7, 11) is 1.54. The van der Waals surface area contributed by atoms with Crippen LogP contribution in [0.2, 0.25) is 0 Å². The van der Waals surface area contributed by atoms with Crippen molar-refractivity contribution in [1.82, 2.24) is 4.57 Å². The first-order valence-electron chi connectivity index (χ1n) is 9.02. The molecule has 0 spiro atoms. The summed E-state index contributed by atoms with van der Waals surface area (Å²) in [5.74, 6) is -0.0998. The van der Waals surface area contributed by atoms with E-state index in [-0.39, 0.29) is 12.4 Å². The summed E-state index contributed by atoms with van der Waals surface area (Å²) in [6, 6.07) is 17.9. The van der Waals surface area contributed by atoms with Crippen molar-refractivity contribution < 1.29 is 24.2 Å². The number of nitrogens with zero attached hydrogens (tertiary/aromatic N) is 1. The first-order valence-corrected chi connectivity index (χ1v) is 9.02. The number of benzene rings is 2. The van der Waals surface area contributed by atoms with Crippen LogP contribution in [-0.2, 0) is 11.3 Å². The van der Waals surface area contributed by atoms with Gasteiger partial charge in [-0.15, -0.1) is 0 Å². The highest BCUT2D eigenvalue weighted by molar-refractivity contribution is 6.09. The number of ketones is 1. The Hall–Kier alpha value is -3.80. The topological polar surface area (TPSA) is 77.8 Å². The number of carbonyl (C=O) groups excluding carboxylic acids is 1. The van der Waals surface area contributed by atoms with Crippen molar-refractivity contribution in [1.29, 1.82) is 0 Å². The summed E-state index contributed by atoms with van der Waals surface area (Å²) < 4.78 is 12.3. The maximum absolute atomic E-state index is 12.9. The first kappa shape index (κ1) is 19.9. The molecule has 0 aliphatic heterocycles. The van der Waals surface area contributed by atoms with Gasteiger partial charge in [0.1, 0.15) is 11.5 Å². The molecule has 0 saturated heterocycles. The third-order valence-corrected chi connectivity index (χ3v) is 4.25. The van der Waals surface area contributed by atoms with E-state index in [1.54, 1.807) is 43.5 Å². The average molecular weight is 391 g/mol. The lowest BCUT2D eigenvalue weighted by atomic mass is 10.1. The average Bonchev–Trinajstić information content (AvgIpc) is 3.20. The van der Waals surface area contributed by atoms with E-state index in [4.69, 9.17) is 14.6 Å². The molecule has 6 heteroatoms. The van der Waals surface area contributed by atoms with E-state index in [0.29, 0.717) is 29.3 Å². The zero-order chi connectivity index (χ0) is 20.6. The fourth-order valence-electron chi connectivity index (χ4n) is 2.91. The van der Waals surface area contributed by atoms with Gasteiger partial charge in [0.15, 0.2) is 6.61 Å². The summed E-state index contributed by atoms with van der Waals surface area (Å²) in [5, 5.41) is 8.70. The minimum absolute atomic E-state index is 0.107. The van der Waals surface area contributed by atoms with Gasteiger partial charge in [-0.1, -0.05) is 36.4 Å². The molecule has 0 aliphatic carbocycles. The van der Waals surface area contributed by atoms with Gasteiger partial charge in [0.25, 0.3) is 0 Å². The molecule has 0 saturated carbocycles. The minimum Gasteiger partial charge on any atom is -0.496 e. The van der Waals surface area contributed by atoms with Gasteiger partial charge in [-0.05, 0) is 42.0 Å². The second-order valence-electron chi connectivity index (χ2n) is 6.23. The van der Waals surface area contributed by atoms with Crippen LogP contribution in [0.1, 0.15) is 21.6 Å². The van der Waals surface area contributed by atoms with Gasteiger partial charge >= 0.3 is 5.97 Å². The number of methoxy groups -OCH3 is 1. The Morgan fingerprint density at radius 3 is 2.69 bits per heavy atom. The number of ether oxygens (including phenoxy) is 2. The summed E-state index contributed by atoms with van der Waals surface area (Å²) in [5.41, 5.74) is 1.96. The molecule has 0 unspecified atom stereocenters. The SMILES string of the molecule is COc1ccccc1C(=O)c1cccn1C/C=C/c1cccc(OCC(=O)O)c1. The van der Waals surface area contributed by atoms with E-state index >= 15 is 0 Å². The van der Waals surface area contributed by atoms with Crippen LogP contribution < -0.4 is 9.47 Å². The van der Waals surface area contributed by atoms with Gasteiger partial charge in [-0.3, -0.25) is 4.79 Å². The van der Waals surface area contributed by atoms with Gasteiger partial charge in [-0.25, -0.2) is 4.79 Å². The van der Waals surface area contributed by atoms with Crippen molar-refractivity contribution in [2.45, 2.75) is 6.54 Å². The molecule has 0 atom stereocenters. The smallest absolute Gasteiger partial charge is 0.341 e. The molecule has 3 aromatic rings. The molecule has 3 rings (SSSR count). The Morgan fingerprint density at radius 2 is 1.90 bits per heavy atom. The molecule has 1 N–H and O–H groups in total. The Balaban J connectivity index is 1.71. The van der Waals surface area contributed by atoms with Crippen molar-refractivity contribution in [3.63, 3.8) is 0 Å². The number of carbonyl (C=O) groups is 2. The van der Waals surface area contributed by atoms with E-state index in [1.165, 1.54) is 0 Å². The highest BCUT2D eigenvalue weighted by atomic mass is 16.5. The highest BCUT2D eigenvalue weighted by Gasteiger charge is 2.16. The van der Waals surface area contributed by atoms with Crippen molar-refractivity contribution in [3.8, 4) is 11.5 Å². The molecular weight excluding hydrogens is 370 g/mol. The van der Waals surface area contributed by atoms with Crippen LogP contribution in [0.25, 0.3) is 6.08 Å². The van der Waals surface area contributed by atoms with Crippen LogP contribution in [0.15, 0.2) is 72.9 Å². The fourth-order valence-corrected chi connectivity index (χ4v) is 2.91. The number of aromatic nitrogens is 1. The van der Waals surface area contributed by atoms with Crippen LogP contribution in [-0.4, -0.2) is 35.1 Å². The van der Waals surface area contributed by atoms with E-state index < -0.39 is 5.97 Å². The molecular formula is C23H21NO5. The molecule has 0 bridgehead atoms. The molecule has 0 amide bonds. The summed E-state index contributed by atoms with van der Waals surface area (Å²) in [4.78, 5) is 23.5. The standard InChI is InChI=1S/C23H21NO5/c1-28-21-12-3-2-10-19(21)23(27)20-11-6-14-24(20)13-5-8-17-7-4-9-18(15-17)29-16-22(25)26/h2-12,14-15H,13,16H2,1H3,(H,25,26)/b8-5+. The van der Waals surface area contributed by atoms with Crippen LogP contribution in [0.4, 0.5) is 0 Å². The van der Waals surface area contributed by atoms with Gasteiger partial charge in [0, 0.05) is 12.7 Å². The number of para-hydroxylation sites is 1. The van der Waals surface area contributed by atoms with Crippen molar-refractivity contribution in [2.24, 2.45) is 0 Å². The monoisotopic (exact) mass is 391 g/mol. The maximum Gasteiger partial charge on any atom is 0.341 e. The number of carboxylic acids is 1. The summed E-state index contributed by atoms with van der Waals surface area (Å²) >= 11 is 0. The van der Waals surface area contributed by atoms with Crippen LogP contribution in [0, 0.1) is 0 Å². The lowest BCUT2D eigenvalue weighted by molar-refractivity contribution is -0.139. The lowest BCUT2D eigenvalue weighted by Crippen LogP contribution is -2.10. The van der Waals surface area contributed by atoms with Gasteiger partial charge in [0.2, 0.25) is 5.78 Å². The van der Waals surface area contributed by atoms with Gasteiger partial charge in [-0.2, -0.15) is 0 Å². The van der Waals surface area contributed by atoms with E-state index in [9.17, 15) is 9.59 Å². The molecule has 6 nitrogen and oxygen atoms in total. The molecule has 1 aromatic heterocycles. The predicted octanol–water partition coefficient (Wildman–Crippen LogP) is 3.90. The number of aliphatic carboxylic acids is 1. The third-order valence-electron chi connectivity index (χ3n) is 4.25. The molecule has 2 aromatic carbocycles. The fraction of sp³-hybridized carbons (Fsp3) is 0.130. The molecule has 0 radical (unpaired) electrons. The van der Waals surface area contributed by atoms with E-state index in [2.05, 4.69) is 0 Å². The lowest BCUT2D eigenvalue weighted by Gasteiger charge is -2.09. The molecule has 1 heterocycles. The van der Waals surface area contributed by atoms with Crippen molar-refractivity contribution in [2.75, 3.05) is 13.7 Å². The second kappa shape index (κ2) is 9.41. The Kier molecular flexibility index (Phi) is 6.47. The first-order chi connectivity index (χ1) is 14.1. The Labute approximate surface area is 168 Å². The van der Waals surface area contributed by atoms with Crippen LogP contribution >= 0.6 is 0 Å². The zero-order valence-corrected chi connectivity index (χ0v) is 15.9. The highest BCUT2D eigenvalue weighted by Crippen LogP contribution is 2.21. The number of hydrogen-bond acceptors (Lipinski definition) is 4. The van der Waals surface area contributed by atoms with Crippen LogP contribution in [0.5, 0.6) is 11.5 Å². The number of rotatable bonds is 9. The number of allylic oxidation sites excluding steroid dienone is 1. The molecule has 0 fully saturated rings. The largest absolute Gasteiger partial charge is 0.496 e.